The van der Waals surface area contributed by atoms with Gasteiger partial charge in [-0.15, -0.1) is 11.8 Å². The Balaban J connectivity index is 4.05. The van der Waals surface area contributed by atoms with Crippen LogP contribution in [0.5, 0.6) is 0 Å². The molecule has 0 atom stereocenters. The van der Waals surface area contributed by atoms with Crippen LogP contribution in [-0.2, 0) is 0 Å². The molecule has 0 heterocycles. The lowest BCUT2D eigenvalue weighted by atomic mass is 9.98. The fourth-order valence-electron chi connectivity index (χ4n) is 0.308. The predicted molar refractivity (Wildman–Crippen MR) is 49.9 cm³/mol. The van der Waals surface area contributed by atoms with Crippen molar-refractivity contribution < 1.29 is 0 Å². The Morgan fingerprint density at radius 1 is 1.40 bits per heavy atom. The van der Waals surface area contributed by atoms with Crippen molar-refractivity contribution in [3.8, 4) is 11.8 Å². The van der Waals surface area contributed by atoms with Crippen molar-refractivity contribution in [2.75, 3.05) is 6.26 Å². The van der Waals surface area contributed by atoms with Gasteiger partial charge in [0, 0.05) is 10.3 Å². The predicted octanol–water partition coefficient (Wildman–Crippen LogP) is 2.91. The largest absolute Gasteiger partial charge is 0.121 e. The van der Waals surface area contributed by atoms with Gasteiger partial charge in [0.2, 0.25) is 0 Å². The molecule has 1 heteroatoms. The van der Waals surface area contributed by atoms with Crippen LogP contribution in [-0.4, -0.2) is 6.26 Å². The van der Waals surface area contributed by atoms with E-state index in [1.807, 2.05) is 6.26 Å². The van der Waals surface area contributed by atoms with Crippen LogP contribution in [0.4, 0.5) is 0 Å². The molecule has 0 unspecified atom stereocenters. The SMILES string of the molecule is C=C(C#CC(C)(C)C)SC. The molecule has 0 aromatic carbocycles. The highest BCUT2D eigenvalue weighted by Gasteiger charge is 2.02. The molecule has 0 radical (unpaired) electrons. The highest BCUT2D eigenvalue weighted by atomic mass is 32.2. The summed E-state index contributed by atoms with van der Waals surface area (Å²) in [6, 6.07) is 0. The molecule has 0 aliphatic heterocycles. The zero-order chi connectivity index (χ0) is 8.20. The summed E-state index contributed by atoms with van der Waals surface area (Å²) in [5.41, 5.74) is 0.0959. The van der Waals surface area contributed by atoms with Gasteiger partial charge < -0.3 is 0 Å². The molecule has 0 fully saturated rings. The number of thioether (sulfide) groups is 1. The topological polar surface area (TPSA) is 0 Å². The van der Waals surface area contributed by atoms with Crippen LogP contribution in [0.25, 0.3) is 0 Å². The average Bonchev–Trinajstić information content (AvgIpc) is 1.81. The standard InChI is InChI=1S/C9H14S/c1-8(10-5)6-7-9(2,3)4/h1H2,2-5H3. The third kappa shape index (κ3) is 5.78. The summed E-state index contributed by atoms with van der Waals surface area (Å²) < 4.78 is 0. The summed E-state index contributed by atoms with van der Waals surface area (Å²) in [5.74, 6) is 6.09. The fourth-order valence-corrected chi connectivity index (χ4v) is 0.461. The van der Waals surface area contributed by atoms with E-state index in [4.69, 9.17) is 0 Å². The minimum absolute atomic E-state index is 0.0959. The highest BCUT2D eigenvalue weighted by Crippen LogP contribution is 2.12. The first kappa shape index (κ1) is 9.65. The van der Waals surface area contributed by atoms with Crippen molar-refractivity contribution >= 4 is 11.8 Å². The monoisotopic (exact) mass is 154 g/mol. The Morgan fingerprint density at radius 3 is 2.20 bits per heavy atom. The van der Waals surface area contributed by atoms with Crippen LogP contribution in [0.3, 0.4) is 0 Å². The normalized spacial score (nSPS) is 10.0. The zero-order valence-corrected chi connectivity index (χ0v) is 7.93. The Kier molecular flexibility index (Phi) is 3.60. The van der Waals surface area contributed by atoms with E-state index in [2.05, 4.69) is 39.2 Å². The molecule has 0 amide bonds. The van der Waals surface area contributed by atoms with Crippen LogP contribution in [0.15, 0.2) is 11.5 Å². The molecule has 0 nitrogen and oxygen atoms in total. The Bertz CT molecular complexity index is 173. The summed E-state index contributed by atoms with van der Waals surface area (Å²) in [7, 11) is 0. The quantitative estimate of drug-likeness (QED) is 0.523. The maximum absolute atomic E-state index is 3.77. The van der Waals surface area contributed by atoms with Crippen LogP contribution in [0.1, 0.15) is 20.8 Å². The van der Waals surface area contributed by atoms with Crippen molar-refractivity contribution in [3.63, 3.8) is 0 Å². The molecule has 0 spiro atoms. The fraction of sp³-hybridized carbons (Fsp3) is 0.556. The first-order valence-electron chi connectivity index (χ1n) is 3.22. The molecule has 0 rings (SSSR count). The molecule has 0 N–H and O–H groups in total. The first-order chi connectivity index (χ1) is 4.45. The van der Waals surface area contributed by atoms with E-state index in [0.29, 0.717) is 0 Å². The number of hydrogen-bond donors (Lipinski definition) is 0. The first-order valence-corrected chi connectivity index (χ1v) is 4.44. The zero-order valence-electron chi connectivity index (χ0n) is 7.12. The maximum Gasteiger partial charge on any atom is 0.0498 e. The number of hydrogen-bond acceptors (Lipinski definition) is 1. The van der Waals surface area contributed by atoms with Crippen LogP contribution in [0, 0.1) is 17.3 Å². The van der Waals surface area contributed by atoms with Gasteiger partial charge in [-0.3, -0.25) is 0 Å². The van der Waals surface area contributed by atoms with Crippen LogP contribution >= 0.6 is 11.8 Å². The minimum atomic E-state index is 0.0959. The molecular formula is C9H14S. The van der Waals surface area contributed by atoms with E-state index in [-0.39, 0.29) is 5.41 Å². The van der Waals surface area contributed by atoms with E-state index in [9.17, 15) is 0 Å². The van der Waals surface area contributed by atoms with Crippen molar-refractivity contribution in [3.05, 3.63) is 11.5 Å². The summed E-state index contributed by atoms with van der Waals surface area (Å²) in [6.07, 6.45) is 1.99. The Morgan fingerprint density at radius 2 is 1.90 bits per heavy atom. The van der Waals surface area contributed by atoms with E-state index in [1.165, 1.54) is 0 Å². The van der Waals surface area contributed by atoms with Gasteiger partial charge in [-0.25, -0.2) is 0 Å². The molecule has 10 heavy (non-hydrogen) atoms. The smallest absolute Gasteiger partial charge is 0.0498 e. The van der Waals surface area contributed by atoms with Crippen LogP contribution < -0.4 is 0 Å². The Hall–Kier alpha value is -0.350. The van der Waals surface area contributed by atoms with Gasteiger partial charge in [0.25, 0.3) is 0 Å². The second-order valence-corrected chi connectivity index (χ2v) is 4.03. The van der Waals surface area contributed by atoms with E-state index in [1.54, 1.807) is 11.8 Å². The summed E-state index contributed by atoms with van der Waals surface area (Å²) >= 11 is 1.60. The van der Waals surface area contributed by atoms with E-state index in [0.717, 1.165) is 4.91 Å². The van der Waals surface area contributed by atoms with Gasteiger partial charge in [-0.05, 0) is 27.0 Å². The molecule has 0 aromatic rings. The number of rotatable bonds is 1. The molecule has 56 valence electrons. The Labute approximate surface area is 68.1 Å². The third-order valence-corrected chi connectivity index (χ3v) is 1.42. The average molecular weight is 154 g/mol. The second-order valence-electron chi connectivity index (χ2n) is 3.13. The third-order valence-electron chi connectivity index (χ3n) is 0.823. The lowest BCUT2D eigenvalue weighted by Gasteiger charge is -2.06. The van der Waals surface area contributed by atoms with Crippen molar-refractivity contribution in [1.82, 2.24) is 0 Å². The summed E-state index contributed by atoms with van der Waals surface area (Å²) in [6.45, 7) is 10.0. The second kappa shape index (κ2) is 3.73. The van der Waals surface area contributed by atoms with Crippen molar-refractivity contribution in [1.29, 1.82) is 0 Å². The molecule has 0 aromatic heterocycles. The van der Waals surface area contributed by atoms with Crippen LogP contribution in [0.2, 0.25) is 0 Å². The lowest BCUT2D eigenvalue weighted by Crippen LogP contribution is -1.99. The van der Waals surface area contributed by atoms with Gasteiger partial charge in [-0.1, -0.05) is 18.4 Å². The summed E-state index contributed by atoms with van der Waals surface area (Å²) in [4.78, 5) is 0.940. The van der Waals surface area contributed by atoms with Gasteiger partial charge in [0.15, 0.2) is 0 Å². The van der Waals surface area contributed by atoms with Gasteiger partial charge >= 0.3 is 0 Å². The molecule has 0 aliphatic carbocycles. The molecule has 0 saturated carbocycles. The van der Waals surface area contributed by atoms with Crippen molar-refractivity contribution in [2.24, 2.45) is 5.41 Å². The minimum Gasteiger partial charge on any atom is -0.121 e. The van der Waals surface area contributed by atoms with Gasteiger partial charge in [-0.2, -0.15) is 0 Å². The van der Waals surface area contributed by atoms with Gasteiger partial charge in [0.05, 0.1) is 0 Å². The molecular weight excluding hydrogens is 140 g/mol. The van der Waals surface area contributed by atoms with E-state index >= 15 is 0 Å². The highest BCUT2D eigenvalue weighted by molar-refractivity contribution is 8.02. The summed E-state index contributed by atoms with van der Waals surface area (Å²) in [5, 5.41) is 0. The van der Waals surface area contributed by atoms with Gasteiger partial charge in [0.1, 0.15) is 0 Å². The van der Waals surface area contributed by atoms with E-state index < -0.39 is 0 Å². The maximum atomic E-state index is 3.77. The molecule has 0 aliphatic rings. The number of allylic oxidation sites excluding steroid dienone is 1. The van der Waals surface area contributed by atoms with Crippen molar-refractivity contribution in [2.45, 2.75) is 20.8 Å². The molecule has 0 bridgehead atoms. The lowest BCUT2D eigenvalue weighted by molar-refractivity contribution is 0.571. The molecule has 0 saturated heterocycles.